The first-order valence-corrected chi connectivity index (χ1v) is 11.4. The molecule has 4 rings (SSSR count). The summed E-state index contributed by atoms with van der Waals surface area (Å²) in [5.74, 6) is 0.512. The number of benzene rings is 3. The van der Waals surface area contributed by atoms with Crippen molar-refractivity contribution in [3.63, 3.8) is 0 Å². The van der Waals surface area contributed by atoms with Gasteiger partial charge in [-0.05, 0) is 55.2 Å². The molecule has 34 heavy (non-hydrogen) atoms. The Morgan fingerprint density at radius 1 is 1.06 bits per heavy atom. The molecule has 0 saturated carbocycles. The molecule has 0 radical (unpaired) electrons. The summed E-state index contributed by atoms with van der Waals surface area (Å²) in [4.78, 5) is 28.5. The predicted molar refractivity (Wildman–Crippen MR) is 132 cm³/mol. The number of hydrogen-bond acceptors (Lipinski definition) is 5. The predicted octanol–water partition coefficient (Wildman–Crippen LogP) is 5.22. The molecule has 1 heterocycles. The molecule has 0 atom stereocenters. The number of rotatable bonds is 7. The van der Waals surface area contributed by atoms with Crippen molar-refractivity contribution in [1.82, 2.24) is 4.90 Å². The van der Waals surface area contributed by atoms with Crippen LogP contribution in [0.25, 0.3) is 0 Å². The fraction of sp³-hybridized carbons (Fsp3) is 0.296. The Bertz CT molecular complexity index is 1150. The smallest absolute Gasteiger partial charge is 0.269 e. The minimum atomic E-state index is -0.381. The first-order valence-electron chi connectivity index (χ1n) is 11.4. The molecule has 3 aromatic carbocycles. The quantitative estimate of drug-likeness (QED) is 0.358. The Hall–Kier alpha value is -3.71. The molecule has 1 amide bonds. The average Bonchev–Trinajstić information content (AvgIpc) is 2.85. The summed E-state index contributed by atoms with van der Waals surface area (Å²) >= 11 is 0. The Morgan fingerprint density at radius 3 is 2.41 bits per heavy atom. The Balaban J connectivity index is 1.51. The highest BCUT2D eigenvalue weighted by molar-refractivity contribution is 6.08. The minimum Gasteiger partial charge on any atom is -0.496 e. The van der Waals surface area contributed by atoms with E-state index in [2.05, 4.69) is 11.0 Å². The van der Waals surface area contributed by atoms with Crippen molar-refractivity contribution in [3.8, 4) is 5.75 Å². The van der Waals surface area contributed by atoms with Gasteiger partial charge in [-0.25, -0.2) is 0 Å². The van der Waals surface area contributed by atoms with Crippen LogP contribution in [0, 0.1) is 17.0 Å². The molecule has 7 nitrogen and oxygen atoms in total. The molecule has 1 aliphatic rings. The van der Waals surface area contributed by atoms with E-state index in [1.807, 2.05) is 66.4 Å². The maximum atomic E-state index is 13.8. The fourth-order valence-electron chi connectivity index (χ4n) is 4.54. The molecule has 1 fully saturated rings. The van der Waals surface area contributed by atoms with Crippen molar-refractivity contribution >= 4 is 17.3 Å². The summed E-state index contributed by atoms with van der Waals surface area (Å²) in [5.41, 5.74) is 3.70. The second-order valence-corrected chi connectivity index (χ2v) is 8.65. The number of para-hydroxylation sites is 1. The highest BCUT2D eigenvalue weighted by atomic mass is 16.6. The van der Waals surface area contributed by atoms with Crippen molar-refractivity contribution < 1.29 is 14.5 Å². The van der Waals surface area contributed by atoms with E-state index in [-0.39, 0.29) is 22.6 Å². The van der Waals surface area contributed by atoms with E-state index < -0.39 is 0 Å². The number of non-ortho nitro benzene ring substituents is 1. The zero-order valence-electron chi connectivity index (χ0n) is 19.5. The van der Waals surface area contributed by atoms with Crippen molar-refractivity contribution in [3.05, 3.63) is 99.6 Å². The van der Waals surface area contributed by atoms with Crippen LogP contribution in [0.4, 0.5) is 11.4 Å². The number of nitrogens with zero attached hydrogens (tertiary/aromatic N) is 3. The molecule has 0 aromatic heterocycles. The number of methoxy groups -OCH3 is 1. The van der Waals surface area contributed by atoms with Crippen LogP contribution in [0.2, 0.25) is 0 Å². The topological polar surface area (TPSA) is 75.9 Å². The minimum absolute atomic E-state index is 0.0585. The molecular weight excluding hydrogens is 430 g/mol. The number of aryl methyl sites for hydroxylation is 1. The van der Waals surface area contributed by atoms with Gasteiger partial charge in [0, 0.05) is 43.5 Å². The zero-order chi connectivity index (χ0) is 24.1. The van der Waals surface area contributed by atoms with Crippen molar-refractivity contribution in [1.29, 1.82) is 0 Å². The maximum absolute atomic E-state index is 13.8. The number of nitro benzene ring substituents is 1. The summed E-state index contributed by atoms with van der Waals surface area (Å²) < 4.78 is 5.47. The molecule has 1 aliphatic heterocycles. The van der Waals surface area contributed by atoms with Gasteiger partial charge in [-0.3, -0.25) is 19.8 Å². The number of ether oxygens (including phenoxy) is 1. The Morgan fingerprint density at radius 2 is 1.76 bits per heavy atom. The molecule has 176 valence electrons. The Labute approximate surface area is 199 Å². The van der Waals surface area contributed by atoms with E-state index in [9.17, 15) is 14.9 Å². The third-order valence-corrected chi connectivity index (χ3v) is 6.31. The third-order valence-electron chi connectivity index (χ3n) is 6.31. The van der Waals surface area contributed by atoms with Crippen LogP contribution in [0.1, 0.15) is 34.3 Å². The summed E-state index contributed by atoms with van der Waals surface area (Å²) in [5, 5.41) is 10.9. The van der Waals surface area contributed by atoms with Gasteiger partial charge in [0.2, 0.25) is 0 Å². The summed E-state index contributed by atoms with van der Waals surface area (Å²) in [6, 6.07) is 22.2. The molecule has 0 N–H and O–H groups in total. The van der Waals surface area contributed by atoms with E-state index in [0.29, 0.717) is 11.3 Å². The van der Waals surface area contributed by atoms with Crippen LogP contribution in [-0.4, -0.2) is 42.0 Å². The highest BCUT2D eigenvalue weighted by Crippen LogP contribution is 2.30. The lowest BCUT2D eigenvalue weighted by Crippen LogP contribution is -2.47. The summed E-state index contributed by atoms with van der Waals surface area (Å²) in [6.07, 6.45) is 1.67. The van der Waals surface area contributed by atoms with Crippen LogP contribution >= 0.6 is 0 Å². The average molecular weight is 460 g/mol. The molecule has 0 spiro atoms. The largest absolute Gasteiger partial charge is 0.496 e. The lowest BCUT2D eigenvalue weighted by atomic mass is 9.99. The van der Waals surface area contributed by atoms with Gasteiger partial charge in [0.1, 0.15) is 5.75 Å². The maximum Gasteiger partial charge on any atom is 0.269 e. The van der Waals surface area contributed by atoms with Gasteiger partial charge in [-0.2, -0.15) is 0 Å². The summed E-state index contributed by atoms with van der Waals surface area (Å²) in [7, 11) is 1.58. The second kappa shape index (κ2) is 10.5. The lowest BCUT2D eigenvalue weighted by Gasteiger charge is -2.39. The number of hydrogen-bond donors (Lipinski definition) is 0. The normalized spacial score (nSPS) is 14.5. The van der Waals surface area contributed by atoms with Gasteiger partial charge in [-0.1, -0.05) is 36.4 Å². The summed E-state index contributed by atoms with van der Waals surface area (Å²) in [6.45, 7) is 4.43. The molecule has 3 aromatic rings. The van der Waals surface area contributed by atoms with E-state index >= 15 is 0 Å². The number of carbonyl (C=O) groups is 1. The lowest BCUT2D eigenvalue weighted by molar-refractivity contribution is -0.384. The standard InChI is InChI=1S/C27H29N3O4/c1-20-6-5-7-24(18-20)29(27(31)25-8-3-4-9-26(25)34-2)22-14-16-28(17-15-22)19-21-10-12-23(13-11-21)30(32)33/h3-13,18,22H,14-17,19H2,1-2H3. The van der Waals surface area contributed by atoms with Crippen molar-refractivity contribution in [2.24, 2.45) is 0 Å². The molecule has 7 heteroatoms. The first kappa shape index (κ1) is 23.4. The van der Waals surface area contributed by atoms with Crippen molar-refractivity contribution in [2.75, 3.05) is 25.1 Å². The van der Waals surface area contributed by atoms with E-state index in [1.54, 1.807) is 19.2 Å². The van der Waals surface area contributed by atoms with Gasteiger partial charge >= 0.3 is 0 Å². The van der Waals surface area contributed by atoms with Crippen LogP contribution < -0.4 is 9.64 Å². The van der Waals surface area contributed by atoms with Gasteiger partial charge in [0.05, 0.1) is 17.6 Å². The number of amides is 1. The molecule has 0 unspecified atom stereocenters. The van der Waals surface area contributed by atoms with Gasteiger partial charge < -0.3 is 9.64 Å². The number of carbonyl (C=O) groups excluding carboxylic acids is 1. The monoisotopic (exact) mass is 459 g/mol. The third kappa shape index (κ3) is 5.26. The van der Waals surface area contributed by atoms with Crippen LogP contribution in [0.3, 0.4) is 0 Å². The van der Waals surface area contributed by atoms with Gasteiger partial charge in [0.15, 0.2) is 0 Å². The van der Waals surface area contributed by atoms with E-state index in [0.717, 1.165) is 49.3 Å². The highest BCUT2D eigenvalue weighted by Gasteiger charge is 2.31. The van der Waals surface area contributed by atoms with Crippen LogP contribution in [0.5, 0.6) is 5.75 Å². The SMILES string of the molecule is COc1ccccc1C(=O)N(c1cccc(C)c1)C1CCN(Cc2ccc([N+](=O)[O-])cc2)CC1. The molecular formula is C27H29N3O4. The number of nitro groups is 1. The number of likely N-dealkylation sites (tertiary alicyclic amines) is 1. The Kier molecular flexibility index (Phi) is 7.23. The van der Waals surface area contributed by atoms with Crippen LogP contribution in [0.15, 0.2) is 72.8 Å². The zero-order valence-corrected chi connectivity index (χ0v) is 19.5. The molecule has 1 saturated heterocycles. The fourth-order valence-corrected chi connectivity index (χ4v) is 4.54. The van der Waals surface area contributed by atoms with E-state index in [1.165, 1.54) is 0 Å². The van der Waals surface area contributed by atoms with Gasteiger partial charge in [-0.15, -0.1) is 0 Å². The van der Waals surface area contributed by atoms with Crippen LogP contribution in [-0.2, 0) is 6.54 Å². The number of piperidine rings is 1. The number of anilines is 1. The van der Waals surface area contributed by atoms with Gasteiger partial charge in [0.25, 0.3) is 11.6 Å². The van der Waals surface area contributed by atoms with Crippen molar-refractivity contribution in [2.45, 2.75) is 32.4 Å². The molecule has 0 aliphatic carbocycles. The molecule has 0 bridgehead atoms. The first-order chi connectivity index (χ1) is 16.5. The van der Waals surface area contributed by atoms with E-state index in [4.69, 9.17) is 4.74 Å². The second-order valence-electron chi connectivity index (χ2n) is 8.65.